The molecule has 0 amide bonds. The molecule has 0 radical (unpaired) electrons. The molecule has 0 bridgehead atoms. The van der Waals surface area contributed by atoms with Crippen molar-refractivity contribution in [3.8, 4) is 0 Å². The van der Waals surface area contributed by atoms with Gasteiger partial charge in [-0.1, -0.05) is 12.1 Å². The first-order valence-corrected chi connectivity index (χ1v) is 5.73. The molecular formula is C13H17NO2. The highest BCUT2D eigenvalue weighted by molar-refractivity contribution is 5.68. The van der Waals surface area contributed by atoms with E-state index < -0.39 is 5.97 Å². The molecule has 0 aliphatic carbocycles. The first-order valence-electron chi connectivity index (χ1n) is 5.73. The number of carbonyl (C=O) groups is 1. The zero-order chi connectivity index (χ0) is 11.5. The van der Waals surface area contributed by atoms with Crippen LogP contribution in [-0.4, -0.2) is 17.1 Å². The fourth-order valence-corrected chi connectivity index (χ4v) is 2.24. The van der Waals surface area contributed by atoms with Crippen LogP contribution in [0, 0.1) is 6.92 Å². The van der Waals surface area contributed by atoms with Crippen molar-refractivity contribution in [2.24, 2.45) is 0 Å². The molecule has 1 aliphatic rings. The predicted molar refractivity (Wildman–Crippen MR) is 63.8 cm³/mol. The van der Waals surface area contributed by atoms with Crippen LogP contribution in [0.3, 0.4) is 0 Å². The molecule has 1 unspecified atom stereocenters. The Morgan fingerprint density at radius 2 is 2.38 bits per heavy atom. The van der Waals surface area contributed by atoms with Gasteiger partial charge < -0.3 is 10.4 Å². The molecule has 1 heterocycles. The van der Waals surface area contributed by atoms with Crippen LogP contribution in [-0.2, 0) is 11.2 Å². The van der Waals surface area contributed by atoms with Crippen molar-refractivity contribution in [1.29, 1.82) is 0 Å². The zero-order valence-corrected chi connectivity index (χ0v) is 9.49. The summed E-state index contributed by atoms with van der Waals surface area (Å²) in [5.41, 5.74) is 3.63. The Kier molecular flexibility index (Phi) is 3.13. The quantitative estimate of drug-likeness (QED) is 0.803. The van der Waals surface area contributed by atoms with Gasteiger partial charge in [0.05, 0.1) is 6.42 Å². The second kappa shape index (κ2) is 4.56. The van der Waals surface area contributed by atoms with Crippen molar-refractivity contribution in [2.75, 3.05) is 5.32 Å². The molecule has 16 heavy (non-hydrogen) atoms. The minimum absolute atomic E-state index is 0.0700. The Labute approximate surface area is 95.5 Å². The van der Waals surface area contributed by atoms with Crippen molar-refractivity contribution in [1.82, 2.24) is 0 Å². The van der Waals surface area contributed by atoms with Gasteiger partial charge >= 0.3 is 5.97 Å². The first kappa shape index (κ1) is 11.0. The number of carboxylic acids is 1. The van der Waals surface area contributed by atoms with E-state index in [2.05, 4.69) is 30.4 Å². The van der Waals surface area contributed by atoms with Crippen LogP contribution in [0.1, 0.15) is 30.4 Å². The van der Waals surface area contributed by atoms with Gasteiger partial charge in [-0.3, -0.25) is 4.79 Å². The molecule has 1 aromatic carbocycles. The van der Waals surface area contributed by atoms with Crippen molar-refractivity contribution >= 4 is 11.7 Å². The number of anilines is 1. The van der Waals surface area contributed by atoms with Crippen LogP contribution in [0.4, 0.5) is 5.69 Å². The topological polar surface area (TPSA) is 49.3 Å². The molecule has 86 valence electrons. The second-order valence-electron chi connectivity index (χ2n) is 4.49. The third kappa shape index (κ3) is 2.54. The highest BCUT2D eigenvalue weighted by Gasteiger charge is 2.17. The highest BCUT2D eigenvalue weighted by atomic mass is 16.4. The minimum atomic E-state index is -0.728. The molecule has 1 atom stereocenters. The van der Waals surface area contributed by atoms with Crippen LogP contribution in [0.5, 0.6) is 0 Å². The number of rotatable bonds is 2. The number of fused-ring (bicyclic) bond motifs is 1. The van der Waals surface area contributed by atoms with E-state index in [1.807, 2.05) is 0 Å². The summed E-state index contributed by atoms with van der Waals surface area (Å²) in [5, 5.41) is 12.2. The number of carboxylic acid groups (broad SMARTS) is 1. The molecule has 3 nitrogen and oxygen atoms in total. The van der Waals surface area contributed by atoms with Crippen molar-refractivity contribution < 1.29 is 9.90 Å². The fraction of sp³-hybridized carbons (Fsp3) is 0.462. The maximum Gasteiger partial charge on any atom is 0.305 e. The van der Waals surface area contributed by atoms with E-state index in [-0.39, 0.29) is 12.5 Å². The molecule has 0 aromatic heterocycles. The van der Waals surface area contributed by atoms with E-state index >= 15 is 0 Å². The third-order valence-electron chi connectivity index (χ3n) is 3.04. The normalized spacial score (nSPS) is 19.4. The van der Waals surface area contributed by atoms with Crippen LogP contribution in [0.2, 0.25) is 0 Å². The summed E-state index contributed by atoms with van der Waals surface area (Å²) in [4.78, 5) is 10.7. The van der Waals surface area contributed by atoms with Gasteiger partial charge in [-0.05, 0) is 43.4 Å². The average molecular weight is 219 g/mol. The Balaban J connectivity index is 2.19. The van der Waals surface area contributed by atoms with Gasteiger partial charge in [-0.25, -0.2) is 0 Å². The Bertz CT molecular complexity index is 401. The van der Waals surface area contributed by atoms with E-state index in [0.717, 1.165) is 24.9 Å². The Morgan fingerprint density at radius 3 is 3.12 bits per heavy atom. The van der Waals surface area contributed by atoms with Gasteiger partial charge in [-0.2, -0.15) is 0 Å². The van der Waals surface area contributed by atoms with Crippen molar-refractivity contribution in [2.45, 2.75) is 38.6 Å². The molecule has 0 fully saturated rings. The van der Waals surface area contributed by atoms with Crippen LogP contribution >= 0.6 is 0 Å². The number of hydrogen-bond donors (Lipinski definition) is 2. The molecule has 0 saturated heterocycles. The van der Waals surface area contributed by atoms with Gasteiger partial charge in [-0.15, -0.1) is 0 Å². The van der Waals surface area contributed by atoms with Crippen LogP contribution in [0.15, 0.2) is 18.2 Å². The Morgan fingerprint density at radius 1 is 1.56 bits per heavy atom. The SMILES string of the molecule is Cc1ccc2c(c1)NC(CC(=O)O)CCC2. The molecule has 1 aliphatic heterocycles. The van der Waals surface area contributed by atoms with Gasteiger partial charge in [0, 0.05) is 11.7 Å². The van der Waals surface area contributed by atoms with Crippen LogP contribution < -0.4 is 5.32 Å². The summed E-state index contributed by atoms with van der Waals surface area (Å²) in [6.45, 7) is 2.05. The molecular weight excluding hydrogens is 202 g/mol. The smallest absolute Gasteiger partial charge is 0.305 e. The minimum Gasteiger partial charge on any atom is -0.481 e. The molecule has 2 N–H and O–H groups in total. The molecule has 1 aromatic rings. The summed E-state index contributed by atoms with van der Waals surface area (Å²) < 4.78 is 0. The van der Waals surface area contributed by atoms with E-state index in [9.17, 15) is 4.79 Å². The highest BCUT2D eigenvalue weighted by Crippen LogP contribution is 2.26. The summed E-state index contributed by atoms with van der Waals surface area (Å²) in [7, 11) is 0. The number of benzene rings is 1. The third-order valence-corrected chi connectivity index (χ3v) is 3.04. The molecule has 3 heteroatoms. The van der Waals surface area contributed by atoms with Gasteiger partial charge in [0.1, 0.15) is 0 Å². The lowest BCUT2D eigenvalue weighted by molar-refractivity contribution is -0.137. The number of nitrogens with one attached hydrogen (secondary N) is 1. The summed E-state index contributed by atoms with van der Waals surface area (Å²) in [5.74, 6) is -0.728. The standard InChI is InChI=1S/C13H17NO2/c1-9-5-6-10-3-2-4-11(8-13(15)16)14-12(10)7-9/h5-7,11,14H,2-4,8H2,1H3,(H,15,16). The zero-order valence-electron chi connectivity index (χ0n) is 9.49. The van der Waals surface area contributed by atoms with E-state index in [1.54, 1.807) is 0 Å². The lowest BCUT2D eigenvalue weighted by Crippen LogP contribution is -2.22. The van der Waals surface area contributed by atoms with E-state index in [1.165, 1.54) is 11.1 Å². The van der Waals surface area contributed by atoms with Gasteiger partial charge in [0.2, 0.25) is 0 Å². The van der Waals surface area contributed by atoms with Crippen LogP contribution in [0.25, 0.3) is 0 Å². The second-order valence-corrected chi connectivity index (χ2v) is 4.49. The van der Waals surface area contributed by atoms with Gasteiger partial charge in [0.25, 0.3) is 0 Å². The number of aryl methyl sites for hydroxylation is 2. The van der Waals surface area contributed by atoms with Gasteiger partial charge in [0.15, 0.2) is 0 Å². The lowest BCUT2D eigenvalue weighted by atomic mass is 10.1. The monoisotopic (exact) mass is 219 g/mol. The van der Waals surface area contributed by atoms with E-state index in [0.29, 0.717) is 0 Å². The van der Waals surface area contributed by atoms with E-state index in [4.69, 9.17) is 5.11 Å². The number of aliphatic carboxylic acids is 1. The summed E-state index contributed by atoms with van der Waals surface area (Å²) >= 11 is 0. The fourth-order valence-electron chi connectivity index (χ4n) is 2.24. The maximum atomic E-state index is 10.7. The Hall–Kier alpha value is -1.51. The summed E-state index contributed by atoms with van der Waals surface area (Å²) in [6.07, 6.45) is 3.23. The molecule has 0 saturated carbocycles. The first-order chi connectivity index (χ1) is 7.65. The number of hydrogen-bond acceptors (Lipinski definition) is 2. The molecule has 0 spiro atoms. The average Bonchev–Trinajstić information content (AvgIpc) is 2.37. The predicted octanol–water partition coefficient (Wildman–Crippen LogP) is 2.59. The lowest BCUT2D eigenvalue weighted by Gasteiger charge is -2.16. The van der Waals surface area contributed by atoms with Crippen molar-refractivity contribution in [3.63, 3.8) is 0 Å². The summed E-state index contributed by atoms with van der Waals surface area (Å²) in [6, 6.07) is 6.43. The maximum absolute atomic E-state index is 10.7. The molecule has 2 rings (SSSR count). The largest absolute Gasteiger partial charge is 0.481 e. The van der Waals surface area contributed by atoms with Crippen molar-refractivity contribution in [3.05, 3.63) is 29.3 Å².